The molecule has 3 heteroatoms. The van der Waals surface area contributed by atoms with Crippen molar-refractivity contribution in [1.29, 1.82) is 0 Å². The van der Waals surface area contributed by atoms with Crippen molar-refractivity contribution in [2.45, 2.75) is 32.6 Å². The molecule has 0 bridgehead atoms. The average molecular weight is 255 g/mol. The van der Waals surface area contributed by atoms with Crippen molar-refractivity contribution in [1.82, 2.24) is 0 Å². The maximum Gasteiger partial charge on any atom is 0.305 e. The summed E-state index contributed by atoms with van der Waals surface area (Å²) >= 11 is 5.83. The highest BCUT2D eigenvalue weighted by Gasteiger charge is 2.06. The molecule has 0 aliphatic heterocycles. The molecule has 1 aromatic carbocycles. The fourth-order valence-corrected chi connectivity index (χ4v) is 1.95. The van der Waals surface area contributed by atoms with E-state index in [1.807, 2.05) is 12.1 Å². The van der Waals surface area contributed by atoms with E-state index >= 15 is 0 Å². The first-order valence-corrected chi connectivity index (χ1v) is 6.31. The molecule has 1 rings (SSSR count). The molecule has 0 aliphatic rings. The van der Waals surface area contributed by atoms with E-state index in [1.54, 1.807) is 0 Å². The Kier molecular flexibility index (Phi) is 6.06. The number of hydrogen-bond acceptors (Lipinski definition) is 2. The van der Waals surface area contributed by atoms with Gasteiger partial charge < -0.3 is 4.74 Å². The molecule has 0 aromatic heterocycles. The van der Waals surface area contributed by atoms with Crippen molar-refractivity contribution in [3.05, 3.63) is 34.9 Å². The van der Waals surface area contributed by atoms with Gasteiger partial charge in [-0.05, 0) is 42.9 Å². The van der Waals surface area contributed by atoms with E-state index in [0.717, 1.165) is 24.3 Å². The molecule has 0 aliphatic carbocycles. The van der Waals surface area contributed by atoms with Crippen LogP contribution in [0.15, 0.2) is 24.3 Å². The van der Waals surface area contributed by atoms with Gasteiger partial charge in [0, 0.05) is 11.4 Å². The zero-order valence-corrected chi connectivity index (χ0v) is 11.2. The summed E-state index contributed by atoms with van der Waals surface area (Å²) < 4.78 is 4.61. The van der Waals surface area contributed by atoms with Crippen LogP contribution in [0.3, 0.4) is 0 Å². The van der Waals surface area contributed by atoms with E-state index in [2.05, 4.69) is 23.8 Å². The number of hydrogen-bond donors (Lipinski definition) is 0. The Morgan fingerprint density at radius 2 is 2.00 bits per heavy atom. The molecule has 0 heterocycles. The van der Waals surface area contributed by atoms with Crippen LogP contribution in [0.5, 0.6) is 0 Å². The van der Waals surface area contributed by atoms with Gasteiger partial charge in [-0.15, -0.1) is 0 Å². The first-order valence-electron chi connectivity index (χ1n) is 5.93. The third-order valence-electron chi connectivity index (χ3n) is 2.80. The lowest BCUT2D eigenvalue weighted by Gasteiger charge is -2.10. The molecule has 1 unspecified atom stereocenters. The summed E-state index contributed by atoms with van der Waals surface area (Å²) in [7, 11) is 1.43. The molecule has 0 N–H and O–H groups in total. The molecular formula is C14H19ClO2. The van der Waals surface area contributed by atoms with E-state index in [-0.39, 0.29) is 5.97 Å². The molecule has 0 radical (unpaired) electrons. The molecule has 0 saturated carbocycles. The number of rotatable bonds is 6. The second-order valence-electron chi connectivity index (χ2n) is 4.40. The number of carbonyl (C=O) groups excluding carboxylic acids is 1. The van der Waals surface area contributed by atoms with Gasteiger partial charge in [0.1, 0.15) is 0 Å². The first kappa shape index (κ1) is 14.0. The van der Waals surface area contributed by atoms with Crippen molar-refractivity contribution >= 4 is 17.6 Å². The highest BCUT2D eigenvalue weighted by Crippen LogP contribution is 2.17. The summed E-state index contributed by atoms with van der Waals surface area (Å²) in [5.41, 5.74) is 1.29. The molecule has 0 saturated heterocycles. The minimum Gasteiger partial charge on any atom is -0.469 e. The fourth-order valence-electron chi connectivity index (χ4n) is 1.82. The molecule has 1 aromatic rings. The number of carbonyl (C=O) groups is 1. The normalized spacial score (nSPS) is 12.2. The maximum absolute atomic E-state index is 11.0. The average Bonchev–Trinajstić information content (AvgIpc) is 2.32. The van der Waals surface area contributed by atoms with Gasteiger partial charge in [-0.25, -0.2) is 0 Å². The van der Waals surface area contributed by atoms with Crippen LogP contribution in [0, 0.1) is 5.92 Å². The lowest BCUT2D eigenvalue weighted by molar-refractivity contribution is -0.140. The summed E-state index contributed by atoms with van der Waals surface area (Å²) in [4.78, 5) is 11.0. The molecule has 2 nitrogen and oxygen atoms in total. The maximum atomic E-state index is 11.0. The zero-order valence-electron chi connectivity index (χ0n) is 10.4. The summed E-state index contributed by atoms with van der Waals surface area (Å²) in [5.74, 6) is 0.449. The fraction of sp³-hybridized carbons (Fsp3) is 0.500. The summed E-state index contributed by atoms with van der Waals surface area (Å²) in [5, 5.41) is 0.770. The lowest BCUT2D eigenvalue weighted by Crippen LogP contribution is -2.04. The number of methoxy groups -OCH3 is 1. The van der Waals surface area contributed by atoms with Crippen LogP contribution in [0.1, 0.15) is 31.7 Å². The number of halogens is 1. The summed E-state index contributed by atoms with van der Waals surface area (Å²) in [6, 6.07) is 7.94. The van der Waals surface area contributed by atoms with E-state index < -0.39 is 0 Å². The third kappa shape index (κ3) is 5.73. The van der Waals surface area contributed by atoms with Crippen LogP contribution in [-0.4, -0.2) is 13.1 Å². The van der Waals surface area contributed by atoms with E-state index in [9.17, 15) is 4.79 Å². The Labute approximate surface area is 108 Å². The van der Waals surface area contributed by atoms with Gasteiger partial charge >= 0.3 is 5.97 Å². The molecule has 0 fully saturated rings. The summed E-state index contributed by atoms with van der Waals surface area (Å²) in [6.45, 7) is 2.20. The smallest absolute Gasteiger partial charge is 0.305 e. The van der Waals surface area contributed by atoms with Gasteiger partial charge in [-0.3, -0.25) is 4.79 Å². The predicted octanol–water partition coefficient (Wildman–Crippen LogP) is 3.86. The van der Waals surface area contributed by atoms with E-state index in [4.69, 9.17) is 11.6 Å². The van der Waals surface area contributed by atoms with E-state index in [0.29, 0.717) is 12.3 Å². The highest BCUT2D eigenvalue weighted by molar-refractivity contribution is 6.30. The van der Waals surface area contributed by atoms with Gasteiger partial charge in [0.25, 0.3) is 0 Å². The van der Waals surface area contributed by atoms with E-state index in [1.165, 1.54) is 12.7 Å². The summed E-state index contributed by atoms with van der Waals surface area (Å²) in [6.07, 6.45) is 3.47. The molecule has 94 valence electrons. The number of esters is 1. The molecule has 0 amide bonds. The van der Waals surface area contributed by atoms with Gasteiger partial charge in [0.2, 0.25) is 0 Å². The monoisotopic (exact) mass is 254 g/mol. The van der Waals surface area contributed by atoms with Crippen molar-refractivity contribution in [3.63, 3.8) is 0 Å². The number of benzene rings is 1. The Hall–Kier alpha value is -1.02. The van der Waals surface area contributed by atoms with Crippen molar-refractivity contribution < 1.29 is 9.53 Å². The lowest BCUT2D eigenvalue weighted by atomic mass is 9.96. The first-order chi connectivity index (χ1) is 8.11. The predicted molar refractivity (Wildman–Crippen MR) is 70.2 cm³/mol. The van der Waals surface area contributed by atoms with Crippen molar-refractivity contribution in [3.8, 4) is 0 Å². The van der Waals surface area contributed by atoms with Gasteiger partial charge in [0.15, 0.2) is 0 Å². The molecule has 0 spiro atoms. The van der Waals surface area contributed by atoms with Gasteiger partial charge in [0.05, 0.1) is 7.11 Å². The van der Waals surface area contributed by atoms with Crippen molar-refractivity contribution in [2.24, 2.45) is 5.92 Å². The SMILES string of the molecule is COC(=O)CCCC(C)Cc1ccc(Cl)cc1. The third-order valence-corrected chi connectivity index (χ3v) is 3.05. The van der Waals surface area contributed by atoms with Crippen LogP contribution in [-0.2, 0) is 16.0 Å². The number of ether oxygens (including phenoxy) is 1. The Bertz CT molecular complexity index is 346. The van der Waals surface area contributed by atoms with Crippen molar-refractivity contribution in [2.75, 3.05) is 7.11 Å². The van der Waals surface area contributed by atoms with Crippen LogP contribution in [0.25, 0.3) is 0 Å². The Morgan fingerprint density at radius 1 is 1.35 bits per heavy atom. The van der Waals surface area contributed by atoms with Crippen LogP contribution >= 0.6 is 11.6 Å². The van der Waals surface area contributed by atoms with Crippen LogP contribution in [0.2, 0.25) is 5.02 Å². The topological polar surface area (TPSA) is 26.3 Å². The van der Waals surface area contributed by atoms with Gasteiger partial charge in [-0.2, -0.15) is 0 Å². The zero-order chi connectivity index (χ0) is 12.7. The quantitative estimate of drug-likeness (QED) is 0.721. The standard InChI is InChI=1S/C14H19ClO2/c1-11(4-3-5-14(16)17-2)10-12-6-8-13(15)9-7-12/h6-9,11H,3-5,10H2,1-2H3. The molecular weight excluding hydrogens is 236 g/mol. The second kappa shape index (κ2) is 7.33. The van der Waals surface area contributed by atoms with Gasteiger partial charge in [-0.1, -0.05) is 30.7 Å². The Morgan fingerprint density at radius 3 is 2.59 bits per heavy atom. The largest absolute Gasteiger partial charge is 0.469 e. The molecule has 17 heavy (non-hydrogen) atoms. The highest BCUT2D eigenvalue weighted by atomic mass is 35.5. The minimum absolute atomic E-state index is 0.122. The van der Waals surface area contributed by atoms with Crippen LogP contribution < -0.4 is 0 Å². The molecule has 1 atom stereocenters. The van der Waals surface area contributed by atoms with Crippen LogP contribution in [0.4, 0.5) is 0 Å². The second-order valence-corrected chi connectivity index (χ2v) is 4.84. The minimum atomic E-state index is -0.122. The Balaban J connectivity index is 2.27.